The first kappa shape index (κ1) is 9.85. The molecular formula is C4H9OTa-. The summed E-state index contributed by atoms with van der Waals surface area (Å²) in [7, 11) is 0. The molecule has 0 bridgehead atoms. The zero-order valence-electron chi connectivity index (χ0n) is 3.89. The largest absolute Gasteiger partial charge is 0.425 e. The molecule has 0 aromatic rings. The molecule has 0 aliphatic carbocycles. The fourth-order valence-corrected chi connectivity index (χ4v) is 0. The number of aliphatic hydroxyl groups is 1. The van der Waals surface area contributed by atoms with Crippen LogP contribution in [0.15, 0.2) is 0 Å². The molecule has 0 aliphatic heterocycles. The molecule has 0 aromatic heterocycles. The van der Waals surface area contributed by atoms with Crippen molar-refractivity contribution in [2.45, 2.75) is 19.4 Å². The van der Waals surface area contributed by atoms with E-state index in [9.17, 15) is 0 Å². The van der Waals surface area contributed by atoms with E-state index in [1.54, 1.807) is 0 Å². The van der Waals surface area contributed by atoms with Gasteiger partial charge in [-0.15, -0.1) is 0 Å². The van der Waals surface area contributed by atoms with Crippen LogP contribution in [0.5, 0.6) is 0 Å². The molecule has 0 heterocycles. The van der Waals surface area contributed by atoms with Gasteiger partial charge < -0.3 is 12.0 Å². The summed E-state index contributed by atoms with van der Waals surface area (Å²) in [6, 6.07) is 0. The molecule has 0 spiro atoms. The van der Waals surface area contributed by atoms with Gasteiger partial charge in [0.2, 0.25) is 0 Å². The van der Waals surface area contributed by atoms with Crippen molar-refractivity contribution in [3.05, 3.63) is 6.92 Å². The Labute approximate surface area is 54.3 Å². The van der Waals surface area contributed by atoms with E-state index in [2.05, 4.69) is 6.92 Å². The first-order valence-corrected chi connectivity index (χ1v) is 1.78. The second kappa shape index (κ2) is 5.70. The van der Waals surface area contributed by atoms with Crippen LogP contribution in [0.2, 0.25) is 0 Å². The van der Waals surface area contributed by atoms with E-state index in [0.717, 1.165) is 6.42 Å². The van der Waals surface area contributed by atoms with Crippen molar-refractivity contribution in [3.8, 4) is 0 Å². The van der Waals surface area contributed by atoms with Gasteiger partial charge in [-0.05, 0) is 0 Å². The zero-order valence-corrected chi connectivity index (χ0v) is 7.10. The van der Waals surface area contributed by atoms with Gasteiger partial charge in [0, 0.05) is 22.4 Å². The van der Waals surface area contributed by atoms with E-state index in [1.165, 1.54) is 0 Å². The number of aliphatic hydroxyl groups excluding tert-OH is 1. The molecule has 0 fully saturated rings. The summed E-state index contributed by atoms with van der Waals surface area (Å²) in [5.41, 5.74) is 0. The molecule has 2 heteroatoms. The maximum absolute atomic E-state index is 8.25. The molecule has 1 nitrogen and oxygen atoms in total. The van der Waals surface area contributed by atoms with Crippen LogP contribution in [-0.2, 0) is 22.4 Å². The van der Waals surface area contributed by atoms with Crippen molar-refractivity contribution in [2.75, 3.05) is 0 Å². The minimum atomic E-state index is -0.366. The summed E-state index contributed by atoms with van der Waals surface area (Å²) >= 11 is 0. The van der Waals surface area contributed by atoms with Gasteiger partial charge in [-0.2, -0.15) is 0 Å². The molecule has 37 valence electrons. The normalized spacial score (nSPS) is 12.5. The minimum Gasteiger partial charge on any atom is -0.425 e. The van der Waals surface area contributed by atoms with E-state index in [-0.39, 0.29) is 28.5 Å². The van der Waals surface area contributed by atoms with Gasteiger partial charge in [0.05, 0.1) is 0 Å². The molecule has 6 heavy (non-hydrogen) atoms. The maximum Gasteiger partial charge on any atom is 0 e. The van der Waals surface area contributed by atoms with Crippen molar-refractivity contribution in [2.24, 2.45) is 0 Å². The molecule has 0 saturated heterocycles. The molecule has 0 rings (SSSR count). The number of rotatable bonds is 1. The van der Waals surface area contributed by atoms with Crippen LogP contribution < -0.4 is 0 Å². The number of hydrogen-bond acceptors (Lipinski definition) is 1. The van der Waals surface area contributed by atoms with Gasteiger partial charge >= 0.3 is 0 Å². The minimum absolute atomic E-state index is 0. The van der Waals surface area contributed by atoms with Crippen LogP contribution in [0.4, 0.5) is 0 Å². The average Bonchev–Trinajstić information content (AvgIpc) is 1.38. The molecular weight excluding hydrogens is 245 g/mol. The predicted octanol–water partition coefficient (Wildman–Crippen LogP) is 0.589. The van der Waals surface area contributed by atoms with Crippen molar-refractivity contribution < 1.29 is 27.5 Å². The third kappa shape index (κ3) is 8.83. The smallest absolute Gasteiger partial charge is 0 e. The van der Waals surface area contributed by atoms with Crippen LogP contribution in [-0.4, -0.2) is 11.2 Å². The van der Waals surface area contributed by atoms with Crippen LogP contribution >= 0.6 is 0 Å². The van der Waals surface area contributed by atoms with E-state index in [4.69, 9.17) is 5.11 Å². The molecule has 1 radical (unpaired) electrons. The fourth-order valence-electron chi connectivity index (χ4n) is 0. The first-order valence-electron chi connectivity index (χ1n) is 1.78. The number of hydrogen-bond donors (Lipinski definition) is 1. The topological polar surface area (TPSA) is 20.2 Å². The standard InChI is InChI=1S/C4H9O.Ta/c1-3-4(2)5;/h4-5H,2-3H2,1H3;/q-1;. The molecule has 1 atom stereocenters. The Hall–Kier alpha value is 0.700. The molecule has 1 unspecified atom stereocenters. The van der Waals surface area contributed by atoms with Gasteiger partial charge in [0.25, 0.3) is 0 Å². The Morgan fingerprint density at radius 1 is 1.83 bits per heavy atom. The summed E-state index contributed by atoms with van der Waals surface area (Å²) in [6.45, 7) is 5.20. The third-order valence-electron chi connectivity index (χ3n) is 0.471. The van der Waals surface area contributed by atoms with Gasteiger partial charge in [-0.1, -0.05) is 19.4 Å². The summed E-state index contributed by atoms with van der Waals surface area (Å²) in [4.78, 5) is 0. The Morgan fingerprint density at radius 3 is 2.00 bits per heavy atom. The van der Waals surface area contributed by atoms with Gasteiger partial charge in [0.15, 0.2) is 0 Å². The van der Waals surface area contributed by atoms with Crippen LogP contribution in [0.1, 0.15) is 13.3 Å². The van der Waals surface area contributed by atoms with Gasteiger partial charge in [-0.25, -0.2) is 0 Å². The van der Waals surface area contributed by atoms with Crippen LogP contribution in [0, 0.1) is 6.92 Å². The first-order chi connectivity index (χ1) is 2.27. The molecule has 0 amide bonds. The molecule has 0 aromatic carbocycles. The Morgan fingerprint density at radius 2 is 2.00 bits per heavy atom. The predicted molar refractivity (Wildman–Crippen MR) is 21.7 cm³/mol. The van der Waals surface area contributed by atoms with Crippen molar-refractivity contribution in [1.29, 1.82) is 0 Å². The Kier molecular flexibility index (Phi) is 9.36. The second-order valence-electron chi connectivity index (χ2n) is 1.06. The summed E-state index contributed by atoms with van der Waals surface area (Å²) < 4.78 is 0. The second-order valence-corrected chi connectivity index (χ2v) is 1.06. The van der Waals surface area contributed by atoms with Crippen molar-refractivity contribution in [3.63, 3.8) is 0 Å². The summed E-state index contributed by atoms with van der Waals surface area (Å²) in [5, 5.41) is 8.25. The molecule has 1 N–H and O–H groups in total. The molecule has 0 saturated carbocycles. The quantitative estimate of drug-likeness (QED) is 0.679. The fraction of sp³-hybridized carbons (Fsp3) is 0.750. The zero-order chi connectivity index (χ0) is 4.28. The van der Waals surface area contributed by atoms with Gasteiger partial charge in [0.1, 0.15) is 0 Å². The van der Waals surface area contributed by atoms with E-state index >= 15 is 0 Å². The van der Waals surface area contributed by atoms with E-state index < -0.39 is 0 Å². The van der Waals surface area contributed by atoms with E-state index in [0.29, 0.717) is 0 Å². The van der Waals surface area contributed by atoms with Crippen molar-refractivity contribution >= 4 is 0 Å². The SMILES string of the molecule is [CH2-]C(O)CC.[Ta]. The van der Waals surface area contributed by atoms with Crippen LogP contribution in [0.3, 0.4) is 0 Å². The maximum atomic E-state index is 8.25. The Balaban J connectivity index is 0. The van der Waals surface area contributed by atoms with Crippen molar-refractivity contribution in [1.82, 2.24) is 0 Å². The van der Waals surface area contributed by atoms with Gasteiger partial charge in [-0.3, -0.25) is 0 Å². The third-order valence-corrected chi connectivity index (χ3v) is 0.471. The summed E-state index contributed by atoms with van der Waals surface area (Å²) in [6.07, 6.45) is 0.384. The monoisotopic (exact) mass is 254 g/mol. The molecule has 0 aliphatic rings. The summed E-state index contributed by atoms with van der Waals surface area (Å²) in [5.74, 6) is 0. The average molecular weight is 254 g/mol. The van der Waals surface area contributed by atoms with Crippen LogP contribution in [0.25, 0.3) is 0 Å². The van der Waals surface area contributed by atoms with E-state index in [1.807, 2.05) is 6.92 Å². The Bertz CT molecular complexity index is 21.5.